The van der Waals surface area contributed by atoms with Crippen LogP contribution in [0.15, 0.2) is 84.9 Å². The molecule has 0 atom stereocenters. The van der Waals surface area contributed by atoms with Gasteiger partial charge < -0.3 is 10.6 Å². The maximum Gasteiger partial charge on any atom is 0.238 e. The first kappa shape index (κ1) is 16.0. The Morgan fingerprint density at radius 1 is 0.750 bits per heavy atom. The van der Waals surface area contributed by atoms with E-state index in [2.05, 4.69) is 10.6 Å². The lowest BCUT2D eigenvalue weighted by atomic mass is 10.0. The second-order valence-electron chi connectivity index (χ2n) is 5.55. The number of amides is 1. The lowest BCUT2D eigenvalue weighted by Gasteiger charge is -2.12. The van der Waals surface area contributed by atoms with Gasteiger partial charge in [0.2, 0.25) is 5.91 Å². The molecule has 0 spiro atoms. The Hall–Kier alpha value is -2.91. The molecule has 120 valence electrons. The average molecular weight is 316 g/mol. The summed E-state index contributed by atoms with van der Waals surface area (Å²) in [5.41, 5.74) is 4.10. The second kappa shape index (κ2) is 8.09. The molecule has 0 aliphatic carbocycles. The number of anilines is 1. The quantitative estimate of drug-likeness (QED) is 0.719. The van der Waals surface area contributed by atoms with E-state index in [0.29, 0.717) is 6.54 Å². The highest BCUT2D eigenvalue weighted by atomic mass is 16.1. The van der Waals surface area contributed by atoms with E-state index in [9.17, 15) is 4.79 Å². The molecule has 0 saturated heterocycles. The minimum absolute atomic E-state index is 0.0469. The molecule has 1 amide bonds. The molecule has 3 aromatic rings. The number of carbonyl (C=O) groups is 1. The highest BCUT2D eigenvalue weighted by molar-refractivity contribution is 5.96. The summed E-state index contributed by atoms with van der Waals surface area (Å²) in [7, 11) is 0. The van der Waals surface area contributed by atoms with Crippen LogP contribution in [0.2, 0.25) is 0 Å². The summed E-state index contributed by atoms with van der Waals surface area (Å²) >= 11 is 0. The topological polar surface area (TPSA) is 41.1 Å². The van der Waals surface area contributed by atoms with Crippen molar-refractivity contribution >= 4 is 11.6 Å². The van der Waals surface area contributed by atoms with Crippen LogP contribution >= 0.6 is 0 Å². The number of benzene rings is 3. The van der Waals surface area contributed by atoms with Crippen molar-refractivity contribution in [1.29, 1.82) is 0 Å². The molecule has 0 heterocycles. The van der Waals surface area contributed by atoms with Crippen LogP contribution in [0.4, 0.5) is 5.69 Å². The van der Waals surface area contributed by atoms with Crippen molar-refractivity contribution in [3.63, 3.8) is 0 Å². The van der Waals surface area contributed by atoms with E-state index < -0.39 is 0 Å². The van der Waals surface area contributed by atoms with Gasteiger partial charge >= 0.3 is 0 Å². The molecular weight excluding hydrogens is 296 g/mol. The number of hydrogen-bond donors (Lipinski definition) is 2. The lowest BCUT2D eigenvalue weighted by molar-refractivity contribution is -0.115. The SMILES string of the molecule is O=C(CNCc1ccccc1)Nc1ccccc1-c1ccccc1. The van der Waals surface area contributed by atoms with Crippen molar-refractivity contribution < 1.29 is 4.79 Å². The predicted octanol–water partition coefficient (Wildman–Crippen LogP) is 4.08. The third-order valence-electron chi connectivity index (χ3n) is 3.74. The largest absolute Gasteiger partial charge is 0.324 e. The van der Waals surface area contributed by atoms with Gasteiger partial charge in [-0.15, -0.1) is 0 Å². The number of carbonyl (C=O) groups excluding carboxylic acids is 1. The zero-order valence-electron chi connectivity index (χ0n) is 13.4. The van der Waals surface area contributed by atoms with Gasteiger partial charge in [-0.05, 0) is 17.2 Å². The number of para-hydroxylation sites is 1. The van der Waals surface area contributed by atoms with Crippen LogP contribution in [-0.4, -0.2) is 12.5 Å². The number of nitrogens with one attached hydrogen (secondary N) is 2. The van der Waals surface area contributed by atoms with Crippen molar-refractivity contribution in [2.24, 2.45) is 0 Å². The zero-order valence-corrected chi connectivity index (χ0v) is 13.4. The molecule has 0 radical (unpaired) electrons. The summed E-state index contributed by atoms with van der Waals surface area (Å²) in [5, 5.41) is 6.16. The monoisotopic (exact) mass is 316 g/mol. The first-order valence-corrected chi connectivity index (χ1v) is 8.02. The van der Waals surface area contributed by atoms with E-state index in [-0.39, 0.29) is 12.5 Å². The first-order chi connectivity index (χ1) is 11.8. The fourth-order valence-corrected chi connectivity index (χ4v) is 2.57. The summed E-state index contributed by atoms with van der Waals surface area (Å²) in [6, 6.07) is 28.0. The van der Waals surface area contributed by atoms with Crippen molar-refractivity contribution in [2.45, 2.75) is 6.54 Å². The molecule has 0 saturated carbocycles. The fraction of sp³-hybridized carbons (Fsp3) is 0.0952. The van der Waals surface area contributed by atoms with Crippen molar-refractivity contribution in [2.75, 3.05) is 11.9 Å². The Morgan fingerprint density at radius 2 is 1.38 bits per heavy atom. The van der Waals surface area contributed by atoms with E-state index in [1.807, 2.05) is 84.9 Å². The van der Waals surface area contributed by atoms with Crippen LogP contribution in [0.5, 0.6) is 0 Å². The smallest absolute Gasteiger partial charge is 0.238 e. The van der Waals surface area contributed by atoms with Gasteiger partial charge in [-0.25, -0.2) is 0 Å². The standard InChI is InChI=1S/C21H20N2O/c24-21(16-22-15-17-9-3-1-4-10-17)23-20-14-8-7-13-19(20)18-11-5-2-6-12-18/h1-14,22H,15-16H2,(H,23,24). The molecular formula is C21H20N2O. The molecule has 3 rings (SSSR count). The summed E-state index contributed by atoms with van der Waals surface area (Å²) in [4.78, 5) is 12.2. The molecule has 3 aromatic carbocycles. The molecule has 3 nitrogen and oxygen atoms in total. The zero-order chi connectivity index (χ0) is 16.6. The highest BCUT2D eigenvalue weighted by Crippen LogP contribution is 2.27. The predicted molar refractivity (Wildman–Crippen MR) is 98.7 cm³/mol. The van der Waals surface area contributed by atoms with Crippen LogP contribution in [0.1, 0.15) is 5.56 Å². The van der Waals surface area contributed by atoms with E-state index in [0.717, 1.165) is 22.4 Å². The molecule has 0 aliphatic heterocycles. The molecule has 2 N–H and O–H groups in total. The summed E-state index contributed by atoms with van der Waals surface area (Å²) in [6.07, 6.45) is 0. The molecule has 0 aromatic heterocycles. The van der Waals surface area contributed by atoms with Gasteiger partial charge in [-0.1, -0.05) is 78.9 Å². The van der Waals surface area contributed by atoms with E-state index in [1.54, 1.807) is 0 Å². The van der Waals surface area contributed by atoms with Gasteiger partial charge in [0.25, 0.3) is 0 Å². The Kier molecular flexibility index (Phi) is 5.38. The van der Waals surface area contributed by atoms with Crippen LogP contribution in [0, 0.1) is 0 Å². The van der Waals surface area contributed by atoms with E-state index in [4.69, 9.17) is 0 Å². The Morgan fingerprint density at radius 3 is 2.12 bits per heavy atom. The maximum absolute atomic E-state index is 12.2. The van der Waals surface area contributed by atoms with Crippen molar-refractivity contribution in [3.05, 3.63) is 90.5 Å². The highest BCUT2D eigenvalue weighted by Gasteiger charge is 2.07. The van der Waals surface area contributed by atoms with Crippen molar-refractivity contribution in [1.82, 2.24) is 5.32 Å². The van der Waals surface area contributed by atoms with Gasteiger partial charge in [0, 0.05) is 17.8 Å². The van der Waals surface area contributed by atoms with Crippen LogP contribution in [0.3, 0.4) is 0 Å². The normalized spacial score (nSPS) is 10.3. The average Bonchev–Trinajstić information content (AvgIpc) is 2.64. The Labute approximate surface area is 142 Å². The third-order valence-corrected chi connectivity index (χ3v) is 3.74. The van der Waals surface area contributed by atoms with E-state index in [1.165, 1.54) is 0 Å². The number of hydrogen-bond acceptors (Lipinski definition) is 2. The Balaban J connectivity index is 1.61. The summed E-state index contributed by atoms with van der Waals surface area (Å²) in [6.45, 7) is 0.951. The Bertz CT molecular complexity index is 785. The maximum atomic E-state index is 12.2. The van der Waals surface area contributed by atoms with Crippen LogP contribution in [0.25, 0.3) is 11.1 Å². The summed E-state index contributed by atoms with van der Waals surface area (Å²) < 4.78 is 0. The number of rotatable bonds is 6. The molecule has 0 aliphatic rings. The van der Waals surface area contributed by atoms with Gasteiger partial charge in [0.05, 0.1) is 6.54 Å². The van der Waals surface area contributed by atoms with Gasteiger partial charge in [-0.3, -0.25) is 4.79 Å². The minimum Gasteiger partial charge on any atom is -0.324 e. The molecule has 0 bridgehead atoms. The summed E-state index contributed by atoms with van der Waals surface area (Å²) in [5.74, 6) is -0.0469. The van der Waals surface area contributed by atoms with Gasteiger partial charge in [-0.2, -0.15) is 0 Å². The molecule has 3 heteroatoms. The van der Waals surface area contributed by atoms with Crippen molar-refractivity contribution in [3.8, 4) is 11.1 Å². The molecule has 0 unspecified atom stereocenters. The first-order valence-electron chi connectivity index (χ1n) is 8.02. The second-order valence-corrected chi connectivity index (χ2v) is 5.55. The fourth-order valence-electron chi connectivity index (χ4n) is 2.57. The van der Waals surface area contributed by atoms with Gasteiger partial charge in [0.1, 0.15) is 0 Å². The lowest BCUT2D eigenvalue weighted by Crippen LogP contribution is -2.27. The van der Waals surface area contributed by atoms with Gasteiger partial charge in [0.15, 0.2) is 0 Å². The van der Waals surface area contributed by atoms with Crippen LogP contribution < -0.4 is 10.6 Å². The van der Waals surface area contributed by atoms with Crippen LogP contribution in [-0.2, 0) is 11.3 Å². The minimum atomic E-state index is -0.0469. The molecule has 0 fully saturated rings. The third kappa shape index (κ3) is 4.31. The molecule has 24 heavy (non-hydrogen) atoms. The van der Waals surface area contributed by atoms with E-state index >= 15 is 0 Å².